The summed E-state index contributed by atoms with van der Waals surface area (Å²) in [7, 11) is 0. The maximum atomic E-state index is 12.7. The first-order valence-electron chi connectivity index (χ1n) is 10.5. The van der Waals surface area contributed by atoms with E-state index in [4.69, 9.17) is 0 Å². The minimum atomic E-state index is -0.815. The molecule has 0 aromatic heterocycles. The number of hydrogen-bond acceptors (Lipinski definition) is 3. The molecule has 0 saturated carbocycles. The quantitative estimate of drug-likeness (QED) is 0.500. The highest BCUT2D eigenvalue weighted by Gasteiger charge is 2.18. The van der Waals surface area contributed by atoms with E-state index >= 15 is 0 Å². The third-order valence-corrected chi connectivity index (χ3v) is 5.26. The summed E-state index contributed by atoms with van der Waals surface area (Å²) >= 11 is 0. The Morgan fingerprint density at radius 1 is 0.781 bits per heavy atom. The SMILES string of the molecule is Cc1ccccc1CNC(=O)c1ccccc1NC(=O)C(=O)NC[C@@H](C)c1ccccc1. The van der Waals surface area contributed by atoms with E-state index in [9.17, 15) is 14.4 Å². The molecule has 6 nitrogen and oxygen atoms in total. The molecule has 0 unspecified atom stereocenters. The van der Waals surface area contributed by atoms with E-state index in [1.807, 2.05) is 68.4 Å². The van der Waals surface area contributed by atoms with Crippen LogP contribution in [0, 0.1) is 6.92 Å². The van der Waals surface area contributed by atoms with Gasteiger partial charge in [0.1, 0.15) is 0 Å². The molecule has 0 saturated heterocycles. The van der Waals surface area contributed by atoms with Crippen molar-refractivity contribution in [2.75, 3.05) is 11.9 Å². The zero-order chi connectivity index (χ0) is 22.9. The molecule has 6 heteroatoms. The summed E-state index contributed by atoms with van der Waals surface area (Å²) in [5, 5.41) is 8.07. The van der Waals surface area contributed by atoms with Gasteiger partial charge in [-0.25, -0.2) is 0 Å². The maximum absolute atomic E-state index is 12.7. The second kappa shape index (κ2) is 10.9. The molecule has 0 spiro atoms. The largest absolute Gasteiger partial charge is 0.348 e. The van der Waals surface area contributed by atoms with Crippen molar-refractivity contribution in [3.8, 4) is 0 Å². The molecular formula is C26H27N3O3. The van der Waals surface area contributed by atoms with Gasteiger partial charge in [-0.05, 0) is 41.7 Å². The molecule has 32 heavy (non-hydrogen) atoms. The predicted octanol–water partition coefficient (Wildman–Crippen LogP) is 3.78. The fourth-order valence-corrected chi connectivity index (χ4v) is 3.27. The second-order valence-corrected chi connectivity index (χ2v) is 7.63. The summed E-state index contributed by atoms with van der Waals surface area (Å²) in [4.78, 5) is 37.4. The molecule has 1 atom stereocenters. The van der Waals surface area contributed by atoms with E-state index < -0.39 is 11.8 Å². The monoisotopic (exact) mass is 429 g/mol. The molecular weight excluding hydrogens is 402 g/mol. The number of carbonyl (C=O) groups is 3. The van der Waals surface area contributed by atoms with Crippen molar-refractivity contribution < 1.29 is 14.4 Å². The number of anilines is 1. The maximum Gasteiger partial charge on any atom is 0.313 e. The van der Waals surface area contributed by atoms with Gasteiger partial charge in [0.2, 0.25) is 0 Å². The third-order valence-electron chi connectivity index (χ3n) is 5.26. The molecule has 0 aliphatic heterocycles. The van der Waals surface area contributed by atoms with Crippen molar-refractivity contribution in [2.24, 2.45) is 0 Å². The van der Waals surface area contributed by atoms with Crippen molar-refractivity contribution in [3.05, 3.63) is 101 Å². The Labute approximate surface area is 188 Å². The van der Waals surface area contributed by atoms with Crippen LogP contribution in [0.25, 0.3) is 0 Å². The number of amides is 3. The number of nitrogens with one attached hydrogen (secondary N) is 3. The standard InChI is InChI=1S/C26H27N3O3/c1-18-10-6-7-13-21(18)17-28-24(30)22-14-8-9-15-23(22)29-26(32)25(31)27-16-19(2)20-11-4-3-5-12-20/h3-15,19H,16-17H2,1-2H3,(H,27,31)(H,28,30)(H,29,32)/t19-/m1/s1. The highest BCUT2D eigenvalue weighted by molar-refractivity contribution is 6.40. The lowest BCUT2D eigenvalue weighted by atomic mass is 10.0. The fraction of sp³-hybridized carbons (Fsp3) is 0.192. The lowest BCUT2D eigenvalue weighted by Gasteiger charge is -2.14. The molecule has 3 amide bonds. The van der Waals surface area contributed by atoms with Gasteiger partial charge in [0.15, 0.2) is 0 Å². The van der Waals surface area contributed by atoms with Crippen LogP contribution in [0.4, 0.5) is 5.69 Å². The Hall–Kier alpha value is -3.93. The number of para-hydroxylation sites is 1. The Morgan fingerprint density at radius 3 is 2.19 bits per heavy atom. The lowest BCUT2D eigenvalue weighted by molar-refractivity contribution is -0.136. The van der Waals surface area contributed by atoms with Gasteiger partial charge in [0.05, 0.1) is 11.3 Å². The van der Waals surface area contributed by atoms with Crippen LogP contribution in [0.1, 0.15) is 39.9 Å². The van der Waals surface area contributed by atoms with Crippen LogP contribution in [0.15, 0.2) is 78.9 Å². The minimum Gasteiger partial charge on any atom is -0.348 e. The van der Waals surface area contributed by atoms with Gasteiger partial charge < -0.3 is 16.0 Å². The summed E-state index contributed by atoms with van der Waals surface area (Å²) < 4.78 is 0. The minimum absolute atomic E-state index is 0.0625. The molecule has 3 rings (SSSR count). The molecule has 164 valence electrons. The molecule has 3 N–H and O–H groups in total. The van der Waals surface area contributed by atoms with Gasteiger partial charge in [-0.15, -0.1) is 0 Å². The number of carbonyl (C=O) groups excluding carboxylic acids is 3. The number of rotatable bonds is 7. The van der Waals surface area contributed by atoms with E-state index in [0.29, 0.717) is 18.7 Å². The van der Waals surface area contributed by atoms with Gasteiger partial charge in [-0.1, -0.05) is 73.7 Å². The average molecular weight is 430 g/mol. The van der Waals surface area contributed by atoms with E-state index in [1.54, 1.807) is 24.3 Å². The smallest absolute Gasteiger partial charge is 0.313 e. The normalized spacial score (nSPS) is 11.3. The van der Waals surface area contributed by atoms with Gasteiger partial charge in [-0.3, -0.25) is 14.4 Å². The van der Waals surface area contributed by atoms with Crippen molar-refractivity contribution in [1.82, 2.24) is 10.6 Å². The molecule has 0 aliphatic rings. The summed E-state index contributed by atoms with van der Waals surface area (Å²) in [6.07, 6.45) is 0. The van der Waals surface area contributed by atoms with Crippen molar-refractivity contribution >= 4 is 23.4 Å². The van der Waals surface area contributed by atoms with E-state index in [-0.39, 0.29) is 17.5 Å². The van der Waals surface area contributed by atoms with Crippen LogP contribution in [-0.2, 0) is 16.1 Å². The molecule has 0 fully saturated rings. The highest BCUT2D eigenvalue weighted by atomic mass is 16.2. The van der Waals surface area contributed by atoms with Crippen LogP contribution >= 0.6 is 0 Å². The summed E-state index contributed by atoms with van der Waals surface area (Å²) in [5.41, 5.74) is 3.74. The van der Waals surface area contributed by atoms with Gasteiger partial charge in [0.25, 0.3) is 5.91 Å². The summed E-state index contributed by atoms with van der Waals surface area (Å²) in [6, 6.07) is 24.1. The first kappa shape index (κ1) is 22.7. The molecule has 0 radical (unpaired) electrons. The first-order valence-corrected chi connectivity index (χ1v) is 10.5. The first-order chi connectivity index (χ1) is 15.5. The molecule has 0 heterocycles. The van der Waals surface area contributed by atoms with Gasteiger partial charge in [-0.2, -0.15) is 0 Å². The third kappa shape index (κ3) is 6.04. The topological polar surface area (TPSA) is 87.3 Å². The Kier molecular flexibility index (Phi) is 7.75. The van der Waals surface area contributed by atoms with Gasteiger partial charge in [0, 0.05) is 13.1 Å². The fourth-order valence-electron chi connectivity index (χ4n) is 3.27. The molecule has 3 aromatic carbocycles. The van der Waals surface area contributed by atoms with Crippen molar-refractivity contribution in [1.29, 1.82) is 0 Å². The second-order valence-electron chi connectivity index (χ2n) is 7.63. The van der Waals surface area contributed by atoms with Crippen LogP contribution < -0.4 is 16.0 Å². The predicted molar refractivity (Wildman–Crippen MR) is 125 cm³/mol. The molecule has 3 aromatic rings. The van der Waals surface area contributed by atoms with Crippen LogP contribution in [0.2, 0.25) is 0 Å². The van der Waals surface area contributed by atoms with E-state index in [0.717, 1.165) is 16.7 Å². The van der Waals surface area contributed by atoms with Crippen LogP contribution in [0.3, 0.4) is 0 Å². The molecule has 0 bridgehead atoms. The Balaban J connectivity index is 1.58. The van der Waals surface area contributed by atoms with Crippen molar-refractivity contribution in [3.63, 3.8) is 0 Å². The zero-order valence-corrected chi connectivity index (χ0v) is 18.2. The molecule has 0 aliphatic carbocycles. The van der Waals surface area contributed by atoms with Gasteiger partial charge >= 0.3 is 11.8 Å². The summed E-state index contributed by atoms with van der Waals surface area (Å²) in [6.45, 7) is 4.65. The van der Waals surface area contributed by atoms with E-state index in [1.165, 1.54) is 0 Å². The average Bonchev–Trinajstić information content (AvgIpc) is 2.82. The van der Waals surface area contributed by atoms with E-state index in [2.05, 4.69) is 16.0 Å². The van der Waals surface area contributed by atoms with Crippen LogP contribution in [-0.4, -0.2) is 24.3 Å². The zero-order valence-electron chi connectivity index (χ0n) is 18.2. The van der Waals surface area contributed by atoms with Crippen LogP contribution in [0.5, 0.6) is 0 Å². The Bertz CT molecular complexity index is 1100. The Morgan fingerprint density at radius 2 is 1.44 bits per heavy atom. The summed E-state index contributed by atoms with van der Waals surface area (Å²) in [5.74, 6) is -1.83. The number of benzene rings is 3. The van der Waals surface area contributed by atoms with Crippen molar-refractivity contribution in [2.45, 2.75) is 26.3 Å². The number of hydrogen-bond donors (Lipinski definition) is 3. The highest BCUT2D eigenvalue weighted by Crippen LogP contribution is 2.16. The lowest BCUT2D eigenvalue weighted by Crippen LogP contribution is -2.37. The number of aryl methyl sites for hydroxylation is 1.